The molecular weight excluding hydrogens is 444 g/mol. The molecule has 5 nitrogen and oxygen atoms in total. The van der Waals surface area contributed by atoms with Gasteiger partial charge < -0.3 is 9.84 Å². The standard InChI is InChI=1S/C25H23ClN2O3S/c1-14-11-19-17(9-10-18(28-19)20-12-32-13-27-20)22(15-5-7-16(26)8-6-15)21(14)23(24(29)30)31-25(2,3)4/h5-13,23H,1-4H3,(H,29,30)/t23-/m0/s1. The number of pyridine rings is 1. The Morgan fingerprint density at radius 1 is 1.12 bits per heavy atom. The van der Waals surface area contributed by atoms with Crippen LogP contribution in [-0.4, -0.2) is 26.6 Å². The maximum Gasteiger partial charge on any atom is 0.337 e. The van der Waals surface area contributed by atoms with E-state index in [1.54, 1.807) is 17.6 Å². The molecule has 2 heterocycles. The Bertz CT molecular complexity index is 1280. The molecule has 7 heteroatoms. The van der Waals surface area contributed by atoms with Crippen LogP contribution < -0.4 is 0 Å². The van der Waals surface area contributed by atoms with E-state index in [1.807, 2.05) is 63.4 Å². The van der Waals surface area contributed by atoms with Gasteiger partial charge in [0.05, 0.1) is 28.0 Å². The molecule has 1 atom stereocenters. The van der Waals surface area contributed by atoms with E-state index in [9.17, 15) is 9.90 Å². The molecule has 0 aliphatic heterocycles. The van der Waals surface area contributed by atoms with E-state index >= 15 is 0 Å². The third-order valence-electron chi connectivity index (χ3n) is 5.03. The summed E-state index contributed by atoms with van der Waals surface area (Å²) in [6.07, 6.45) is -1.14. The number of halogens is 1. The molecule has 2 aromatic carbocycles. The lowest BCUT2D eigenvalue weighted by Gasteiger charge is -2.28. The minimum absolute atomic E-state index is 0.608. The Labute approximate surface area is 195 Å². The van der Waals surface area contributed by atoms with Gasteiger partial charge in [0, 0.05) is 21.4 Å². The van der Waals surface area contributed by atoms with Crippen molar-refractivity contribution >= 4 is 39.8 Å². The molecule has 0 fully saturated rings. The Balaban J connectivity index is 2.03. The maximum atomic E-state index is 12.3. The molecule has 2 aromatic heterocycles. The normalized spacial score (nSPS) is 12.8. The molecule has 0 aliphatic rings. The van der Waals surface area contributed by atoms with Gasteiger partial charge in [-0.1, -0.05) is 23.7 Å². The molecule has 32 heavy (non-hydrogen) atoms. The zero-order chi connectivity index (χ0) is 23.0. The van der Waals surface area contributed by atoms with Gasteiger partial charge in [0.1, 0.15) is 0 Å². The van der Waals surface area contributed by atoms with Crippen molar-refractivity contribution in [2.24, 2.45) is 0 Å². The number of carboxylic acids is 1. The summed E-state index contributed by atoms with van der Waals surface area (Å²) in [6, 6.07) is 13.2. The molecule has 0 unspecified atom stereocenters. The van der Waals surface area contributed by atoms with Crippen LogP contribution >= 0.6 is 22.9 Å². The number of thiazole rings is 1. The van der Waals surface area contributed by atoms with Gasteiger partial charge in [-0.15, -0.1) is 11.3 Å². The monoisotopic (exact) mass is 466 g/mol. The molecule has 0 saturated heterocycles. The number of carboxylic acid groups (broad SMARTS) is 1. The van der Waals surface area contributed by atoms with Crippen LogP contribution in [0.25, 0.3) is 33.4 Å². The lowest BCUT2D eigenvalue weighted by molar-refractivity contribution is -0.160. The van der Waals surface area contributed by atoms with Crippen molar-refractivity contribution in [3.8, 4) is 22.5 Å². The number of ether oxygens (including phenoxy) is 1. The van der Waals surface area contributed by atoms with Gasteiger partial charge >= 0.3 is 5.97 Å². The molecular formula is C25H23ClN2O3S. The fraction of sp³-hybridized carbons (Fsp3) is 0.240. The summed E-state index contributed by atoms with van der Waals surface area (Å²) in [7, 11) is 0. The van der Waals surface area contributed by atoms with E-state index in [0.717, 1.165) is 39.0 Å². The Morgan fingerprint density at radius 3 is 2.44 bits per heavy atom. The summed E-state index contributed by atoms with van der Waals surface area (Å²) in [6.45, 7) is 7.45. The minimum atomic E-state index is -1.14. The number of carbonyl (C=O) groups is 1. The highest BCUT2D eigenvalue weighted by molar-refractivity contribution is 7.07. The topological polar surface area (TPSA) is 72.3 Å². The van der Waals surface area contributed by atoms with E-state index < -0.39 is 17.7 Å². The quantitative estimate of drug-likeness (QED) is 0.345. The largest absolute Gasteiger partial charge is 0.479 e. The molecule has 1 N–H and O–H groups in total. The molecule has 0 saturated carbocycles. The van der Waals surface area contributed by atoms with Gasteiger partial charge in [-0.3, -0.25) is 0 Å². The number of benzene rings is 2. The van der Waals surface area contributed by atoms with Crippen molar-refractivity contribution in [3.05, 3.63) is 69.5 Å². The van der Waals surface area contributed by atoms with E-state index in [2.05, 4.69) is 4.98 Å². The Morgan fingerprint density at radius 2 is 1.84 bits per heavy atom. The second kappa shape index (κ2) is 8.62. The first kappa shape index (κ1) is 22.4. The number of aryl methyl sites for hydroxylation is 1. The zero-order valence-corrected chi connectivity index (χ0v) is 19.8. The minimum Gasteiger partial charge on any atom is -0.479 e. The molecule has 4 aromatic rings. The van der Waals surface area contributed by atoms with Gasteiger partial charge in [-0.25, -0.2) is 14.8 Å². The summed E-state index contributed by atoms with van der Waals surface area (Å²) in [5.74, 6) is -1.04. The predicted molar refractivity (Wildman–Crippen MR) is 129 cm³/mol. The van der Waals surface area contributed by atoms with Crippen LogP contribution in [-0.2, 0) is 9.53 Å². The summed E-state index contributed by atoms with van der Waals surface area (Å²) in [5.41, 5.74) is 6.52. The van der Waals surface area contributed by atoms with E-state index in [-0.39, 0.29) is 0 Å². The lowest BCUT2D eigenvalue weighted by atomic mass is 9.88. The third kappa shape index (κ3) is 4.53. The van der Waals surface area contributed by atoms with Crippen molar-refractivity contribution in [2.45, 2.75) is 39.4 Å². The highest BCUT2D eigenvalue weighted by atomic mass is 35.5. The highest BCUT2D eigenvalue weighted by Crippen LogP contribution is 2.41. The van der Waals surface area contributed by atoms with Crippen molar-refractivity contribution in [1.82, 2.24) is 9.97 Å². The van der Waals surface area contributed by atoms with Gasteiger partial charge in [-0.05, 0) is 74.7 Å². The SMILES string of the molecule is Cc1cc2nc(-c3cscn3)ccc2c(-c2ccc(Cl)cc2)c1[C@H](OC(C)(C)C)C(=O)O. The molecule has 0 amide bonds. The fourth-order valence-electron chi connectivity index (χ4n) is 3.75. The van der Waals surface area contributed by atoms with Gasteiger partial charge in [-0.2, -0.15) is 0 Å². The fourth-order valence-corrected chi connectivity index (χ4v) is 4.43. The van der Waals surface area contributed by atoms with Crippen LogP contribution in [0.4, 0.5) is 0 Å². The molecule has 0 spiro atoms. The van der Waals surface area contributed by atoms with Crippen LogP contribution in [0.2, 0.25) is 5.02 Å². The van der Waals surface area contributed by atoms with Crippen LogP contribution in [0.15, 0.2) is 53.4 Å². The second-order valence-corrected chi connectivity index (χ2v) is 9.73. The summed E-state index contributed by atoms with van der Waals surface area (Å²) in [5, 5.41) is 13.5. The van der Waals surface area contributed by atoms with Crippen LogP contribution in [0.5, 0.6) is 0 Å². The summed E-state index contributed by atoms with van der Waals surface area (Å²) in [4.78, 5) is 21.5. The molecule has 4 rings (SSSR count). The zero-order valence-electron chi connectivity index (χ0n) is 18.2. The molecule has 0 aliphatic carbocycles. The average molecular weight is 467 g/mol. The highest BCUT2D eigenvalue weighted by Gasteiger charge is 2.31. The first-order chi connectivity index (χ1) is 15.1. The Kier molecular flexibility index (Phi) is 6.03. The van der Waals surface area contributed by atoms with E-state index in [0.29, 0.717) is 10.6 Å². The molecule has 164 valence electrons. The smallest absolute Gasteiger partial charge is 0.337 e. The third-order valence-corrected chi connectivity index (χ3v) is 5.87. The number of hydrogen-bond acceptors (Lipinski definition) is 5. The first-order valence-corrected chi connectivity index (χ1v) is 11.5. The van der Waals surface area contributed by atoms with Gasteiger partial charge in [0.2, 0.25) is 0 Å². The van der Waals surface area contributed by atoms with Gasteiger partial charge in [0.15, 0.2) is 6.10 Å². The molecule has 0 bridgehead atoms. The molecule has 0 radical (unpaired) electrons. The lowest BCUT2D eigenvalue weighted by Crippen LogP contribution is -2.28. The van der Waals surface area contributed by atoms with Crippen LogP contribution in [0.3, 0.4) is 0 Å². The van der Waals surface area contributed by atoms with E-state index in [1.165, 1.54) is 11.3 Å². The predicted octanol–water partition coefficient (Wildman–Crippen LogP) is 6.93. The van der Waals surface area contributed by atoms with Crippen molar-refractivity contribution < 1.29 is 14.6 Å². The summed E-state index contributed by atoms with van der Waals surface area (Å²) < 4.78 is 6.03. The number of aliphatic carboxylic acids is 1. The first-order valence-electron chi connectivity index (χ1n) is 10.1. The summed E-state index contributed by atoms with van der Waals surface area (Å²) >= 11 is 7.64. The number of rotatable bonds is 5. The Hall–Kier alpha value is -2.80. The maximum absolute atomic E-state index is 12.3. The van der Waals surface area contributed by atoms with Crippen molar-refractivity contribution in [1.29, 1.82) is 0 Å². The second-order valence-electron chi connectivity index (χ2n) is 8.57. The number of aromatic nitrogens is 2. The van der Waals surface area contributed by atoms with Crippen molar-refractivity contribution in [2.75, 3.05) is 0 Å². The van der Waals surface area contributed by atoms with E-state index in [4.69, 9.17) is 21.3 Å². The number of hydrogen-bond donors (Lipinski definition) is 1. The van der Waals surface area contributed by atoms with Crippen LogP contribution in [0.1, 0.15) is 38.0 Å². The number of fused-ring (bicyclic) bond motifs is 1. The number of nitrogens with zero attached hydrogens (tertiary/aromatic N) is 2. The van der Waals surface area contributed by atoms with Gasteiger partial charge in [0.25, 0.3) is 0 Å². The van der Waals surface area contributed by atoms with Crippen LogP contribution in [0, 0.1) is 6.92 Å². The van der Waals surface area contributed by atoms with Crippen molar-refractivity contribution in [3.63, 3.8) is 0 Å². The average Bonchev–Trinajstić information content (AvgIpc) is 3.26.